The largest absolute Gasteiger partial charge is 0.384 e. The summed E-state index contributed by atoms with van der Waals surface area (Å²) in [6.07, 6.45) is 0. The quantitative estimate of drug-likeness (QED) is 0.635. The first-order chi connectivity index (χ1) is 9.66. The number of nitrogens with one attached hydrogen (secondary N) is 3. The van der Waals surface area contributed by atoms with E-state index in [1.165, 1.54) is 19.2 Å². The van der Waals surface area contributed by atoms with E-state index in [9.17, 15) is 16.8 Å². The van der Waals surface area contributed by atoms with E-state index < -0.39 is 20.0 Å². The van der Waals surface area contributed by atoms with Gasteiger partial charge in [-0.05, 0) is 45.2 Å². The van der Waals surface area contributed by atoms with Crippen molar-refractivity contribution in [3.63, 3.8) is 0 Å². The van der Waals surface area contributed by atoms with Crippen LogP contribution in [0.25, 0.3) is 0 Å². The first-order valence-corrected chi connectivity index (χ1v) is 9.57. The van der Waals surface area contributed by atoms with Crippen molar-refractivity contribution in [2.24, 2.45) is 0 Å². The van der Waals surface area contributed by atoms with Crippen LogP contribution in [0.1, 0.15) is 13.8 Å². The summed E-state index contributed by atoms with van der Waals surface area (Å²) in [5.74, 6) is -0.0571. The molecule has 21 heavy (non-hydrogen) atoms. The predicted octanol–water partition coefficient (Wildman–Crippen LogP) is 0.334. The van der Waals surface area contributed by atoms with Gasteiger partial charge in [0.1, 0.15) is 0 Å². The maximum Gasteiger partial charge on any atom is 0.240 e. The SMILES string of the molecule is CNS(=O)(=O)CCNc1ccc(S(=O)(=O)NC(C)C)cc1. The fraction of sp³-hybridized carbons (Fsp3) is 0.500. The van der Waals surface area contributed by atoms with Crippen molar-refractivity contribution in [3.05, 3.63) is 24.3 Å². The average molecular weight is 335 g/mol. The molecule has 0 heterocycles. The zero-order chi connectivity index (χ0) is 16.1. The summed E-state index contributed by atoms with van der Waals surface area (Å²) in [6.45, 7) is 3.73. The van der Waals surface area contributed by atoms with Crippen LogP contribution in [0.5, 0.6) is 0 Å². The Balaban J connectivity index is 2.67. The van der Waals surface area contributed by atoms with Gasteiger partial charge >= 0.3 is 0 Å². The number of hydrogen-bond acceptors (Lipinski definition) is 5. The molecule has 0 aliphatic carbocycles. The van der Waals surface area contributed by atoms with Crippen LogP contribution < -0.4 is 14.8 Å². The molecule has 0 aliphatic rings. The Morgan fingerprint density at radius 3 is 2.10 bits per heavy atom. The second-order valence-corrected chi connectivity index (χ2v) is 8.51. The zero-order valence-electron chi connectivity index (χ0n) is 12.3. The molecule has 0 unspecified atom stereocenters. The fourth-order valence-electron chi connectivity index (χ4n) is 1.56. The van der Waals surface area contributed by atoms with E-state index >= 15 is 0 Å². The van der Waals surface area contributed by atoms with Crippen LogP contribution >= 0.6 is 0 Å². The molecule has 3 N–H and O–H groups in total. The molecular formula is C12H21N3O4S2. The highest BCUT2D eigenvalue weighted by Gasteiger charge is 2.14. The molecule has 0 saturated carbocycles. The average Bonchev–Trinajstić information content (AvgIpc) is 2.38. The molecule has 1 aromatic rings. The molecule has 0 amide bonds. The van der Waals surface area contributed by atoms with Crippen LogP contribution in [0, 0.1) is 0 Å². The van der Waals surface area contributed by atoms with Gasteiger partial charge in [-0.2, -0.15) is 0 Å². The van der Waals surface area contributed by atoms with Crippen LogP contribution in [-0.4, -0.2) is 42.2 Å². The van der Waals surface area contributed by atoms with E-state index in [2.05, 4.69) is 14.8 Å². The van der Waals surface area contributed by atoms with Crippen molar-refractivity contribution in [1.82, 2.24) is 9.44 Å². The zero-order valence-corrected chi connectivity index (χ0v) is 13.9. The highest BCUT2D eigenvalue weighted by Crippen LogP contribution is 2.14. The molecule has 0 radical (unpaired) electrons. The summed E-state index contributed by atoms with van der Waals surface area (Å²) in [5.41, 5.74) is 0.657. The third kappa shape index (κ3) is 6.00. The Labute approximate surface area is 126 Å². The Kier molecular flexibility index (Phi) is 6.14. The maximum absolute atomic E-state index is 11.9. The van der Waals surface area contributed by atoms with Crippen molar-refractivity contribution in [1.29, 1.82) is 0 Å². The molecule has 0 saturated heterocycles. The highest BCUT2D eigenvalue weighted by molar-refractivity contribution is 7.89. The Morgan fingerprint density at radius 1 is 1.05 bits per heavy atom. The summed E-state index contributed by atoms with van der Waals surface area (Å²) < 4.78 is 51.0. The lowest BCUT2D eigenvalue weighted by atomic mass is 10.3. The first kappa shape index (κ1) is 17.9. The van der Waals surface area contributed by atoms with Gasteiger partial charge in [0.2, 0.25) is 20.0 Å². The minimum absolute atomic E-state index is 0.0571. The van der Waals surface area contributed by atoms with Crippen molar-refractivity contribution < 1.29 is 16.8 Å². The van der Waals surface area contributed by atoms with Crippen molar-refractivity contribution in [2.45, 2.75) is 24.8 Å². The standard InChI is InChI=1S/C12H21N3O4S2/c1-10(2)15-21(18,19)12-6-4-11(5-7-12)14-8-9-20(16,17)13-3/h4-7,10,13-15H,8-9H2,1-3H3. The smallest absolute Gasteiger partial charge is 0.240 e. The second-order valence-electron chi connectivity index (χ2n) is 4.75. The third-order valence-electron chi connectivity index (χ3n) is 2.57. The summed E-state index contributed by atoms with van der Waals surface area (Å²) >= 11 is 0. The Morgan fingerprint density at radius 2 is 1.62 bits per heavy atom. The Hall–Kier alpha value is -1.16. The fourth-order valence-corrected chi connectivity index (χ4v) is 3.39. The third-order valence-corrected chi connectivity index (χ3v) is 5.60. The molecule has 0 spiro atoms. The van der Waals surface area contributed by atoms with E-state index in [4.69, 9.17) is 0 Å². The molecular weight excluding hydrogens is 314 g/mol. The van der Waals surface area contributed by atoms with Gasteiger partial charge in [-0.25, -0.2) is 26.3 Å². The van der Waals surface area contributed by atoms with Gasteiger partial charge < -0.3 is 5.32 Å². The summed E-state index contributed by atoms with van der Waals surface area (Å²) in [7, 11) is -5.40. The molecule has 0 aliphatic heterocycles. The van der Waals surface area contributed by atoms with E-state index in [0.29, 0.717) is 5.69 Å². The van der Waals surface area contributed by atoms with Gasteiger partial charge in [0.15, 0.2) is 0 Å². The topological polar surface area (TPSA) is 104 Å². The normalized spacial score (nSPS) is 12.6. The summed E-state index contributed by atoms with van der Waals surface area (Å²) in [4.78, 5) is 0.171. The lowest BCUT2D eigenvalue weighted by molar-refractivity contribution is 0.570. The molecule has 0 aromatic heterocycles. The van der Waals surface area contributed by atoms with E-state index in [1.807, 2.05) is 0 Å². The molecule has 0 atom stereocenters. The predicted molar refractivity (Wildman–Crippen MR) is 83.2 cm³/mol. The van der Waals surface area contributed by atoms with Gasteiger partial charge in [0.05, 0.1) is 10.6 Å². The number of hydrogen-bond donors (Lipinski definition) is 3. The lowest BCUT2D eigenvalue weighted by Crippen LogP contribution is -2.30. The second kappa shape index (κ2) is 7.21. The van der Waals surface area contributed by atoms with E-state index in [0.717, 1.165) is 0 Å². The van der Waals surface area contributed by atoms with E-state index in [-0.39, 0.29) is 23.2 Å². The molecule has 1 rings (SSSR count). The first-order valence-electron chi connectivity index (χ1n) is 6.44. The molecule has 120 valence electrons. The van der Waals surface area contributed by atoms with Crippen LogP contribution in [0.15, 0.2) is 29.2 Å². The molecule has 1 aromatic carbocycles. The highest BCUT2D eigenvalue weighted by atomic mass is 32.2. The minimum atomic E-state index is -3.51. The number of sulfonamides is 2. The van der Waals surface area contributed by atoms with Gasteiger partial charge in [-0.1, -0.05) is 0 Å². The number of benzene rings is 1. The van der Waals surface area contributed by atoms with Gasteiger partial charge in [-0.15, -0.1) is 0 Å². The molecule has 0 bridgehead atoms. The van der Waals surface area contributed by atoms with Crippen LogP contribution in [0.4, 0.5) is 5.69 Å². The van der Waals surface area contributed by atoms with Crippen molar-refractivity contribution >= 4 is 25.7 Å². The molecule has 9 heteroatoms. The van der Waals surface area contributed by atoms with Gasteiger partial charge in [0.25, 0.3) is 0 Å². The minimum Gasteiger partial charge on any atom is -0.384 e. The lowest BCUT2D eigenvalue weighted by Gasteiger charge is -2.11. The maximum atomic E-state index is 11.9. The van der Waals surface area contributed by atoms with Crippen LogP contribution in [-0.2, 0) is 20.0 Å². The molecule has 7 nitrogen and oxygen atoms in total. The van der Waals surface area contributed by atoms with Crippen LogP contribution in [0.2, 0.25) is 0 Å². The number of rotatable bonds is 8. The Bertz CT molecular complexity index is 652. The van der Waals surface area contributed by atoms with Crippen molar-refractivity contribution in [3.8, 4) is 0 Å². The van der Waals surface area contributed by atoms with Gasteiger partial charge in [-0.3, -0.25) is 0 Å². The molecule has 0 fully saturated rings. The summed E-state index contributed by atoms with van der Waals surface area (Å²) in [6, 6.07) is 5.96. The van der Waals surface area contributed by atoms with E-state index in [1.54, 1.807) is 26.0 Å². The monoisotopic (exact) mass is 335 g/mol. The van der Waals surface area contributed by atoms with Crippen molar-refractivity contribution in [2.75, 3.05) is 24.7 Å². The van der Waals surface area contributed by atoms with Crippen LogP contribution in [0.3, 0.4) is 0 Å². The summed E-state index contributed by atoms with van der Waals surface area (Å²) in [5, 5.41) is 2.92. The van der Waals surface area contributed by atoms with Gasteiger partial charge in [0, 0.05) is 18.3 Å². The number of anilines is 1.